The van der Waals surface area contributed by atoms with E-state index in [1.165, 1.54) is 11.3 Å². The van der Waals surface area contributed by atoms with Crippen LogP contribution >= 0.6 is 0 Å². The van der Waals surface area contributed by atoms with Gasteiger partial charge in [0, 0.05) is 56.1 Å². The summed E-state index contributed by atoms with van der Waals surface area (Å²) in [5, 5.41) is 8.13. The largest absolute Gasteiger partial charge is 0.372 e. The molecular formula is C17H22N6O. The van der Waals surface area contributed by atoms with E-state index in [-0.39, 0.29) is 12.1 Å². The fourth-order valence-corrected chi connectivity index (χ4v) is 3.49. The summed E-state index contributed by atoms with van der Waals surface area (Å²) in [5.41, 5.74) is 4.41. The Kier molecular flexibility index (Phi) is 3.82. The highest BCUT2D eigenvalue weighted by molar-refractivity contribution is 5.30. The monoisotopic (exact) mass is 326 g/mol. The Hall–Kier alpha value is -2.25. The minimum absolute atomic E-state index is 0.0499. The van der Waals surface area contributed by atoms with Crippen molar-refractivity contribution in [3.05, 3.63) is 47.3 Å². The first kappa shape index (κ1) is 15.3. The van der Waals surface area contributed by atoms with Crippen LogP contribution in [0.3, 0.4) is 0 Å². The lowest BCUT2D eigenvalue weighted by Crippen LogP contribution is -2.31. The lowest BCUT2D eigenvalue weighted by Gasteiger charge is -2.20. The van der Waals surface area contributed by atoms with Crippen molar-refractivity contribution in [2.75, 3.05) is 6.61 Å². The molecule has 1 saturated heterocycles. The van der Waals surface area contributed by atoms with Crippen molar-refractivity contribution in [1.82, 2.24) is 29.5 Å². The molecule has 24 heavy (non-hydrogen) atoms. The number of nitrogens with one attached hydrogen (secondary N) is 1. The SMILES string of the molecule is Cc1nn(C)c(C)c1[C@H]1OCC[C@@H]1NCc1cn2cccnc2n1. The Morgan fingerprint density at radius 3 is 3.00 bits per heavy atom. The van der Waals surface area contributed by atoms with E-state index in [2.05, 4.69) is 34.2 Å². The van der Waals surface area contributed by atoms with Crippen LogP contribution in [0.4, 0.5) is 0 Å². The van der Waals surface area contributed by atoms with Gasteiger partial charge in [-0.1, -0.05) is 0 Å². The van der Waals surface area contributed by atoms with Crippen LogP contribution in [0.5, 0.6) is 0 Å². The third kappa shape index (κ3) is 2.59. The van der Waals surface area contributed by atoms with Crippen molar-refractivity contribution >= 4 is 5.78 Å². The maximum absolute atomic E-state index is 6.02. The molecule has 2 atom stereocenters. The molecule has 0 bridgehead atoms. The molecule has 3 aromatic rings. The number of rotatable bonds is 4. The zero-order valence-electron chi connectivity index (χ0n) is 14.2. The van der Waals surface area contributed by atoms with E-state index < -0.39 is 0 Å². The molecule has 0 radical (unpaired) electrons. The molecule has 0 aromatic carbocycles. The lowest BCUT2D eigenvalue weighted by molar-refractivity contribution is 0.0973. The molecule has 4 heterocycles. The molecule has 0 unspecified atom stereocenters. The van der Waals surface area contributed by atoms with Gasteiger partial charge in [0.05, 0.1) is 11.4 Å². The number of ether oxygens (including phenoxy) is 1. The molecule has 0 saturated carbocycles. The zero-order valence-corrected chi connectivity index (χ0v) is 14.2. The van der Waals surface area contributed by atoms with Gasteiger partial charge in [-0.05, 0) is 26.3 Å². The van der Waals surface area contributed by atoms with Gasteiger partial charge in [0.1, 0.15) is 6.10 Å². The minimum atomic E-state index is 0.0499. The topological polar surface area (TPSA) is 69.3 Å². The zero-order chi connectivity index (χ0) is 16.7. The molecule has 7 nitrogen and oxygen atoms in total. The fourth-order valence-electron chi connectivity index (χ4n) is 3.49. The number of hydrogen-bond acceptors (Lipinski definition) is 5. The Bertz CT molecular complexity index is 834. The summed E-state index contributed by atoms with van der Waals surface area (Å²) in [7, 11) is 1.98. The standard InChI is InChI=1S/C17H22N6O/c1-11-15(12(2)22(3)21-11)16-14(5-8-24-16)19-9-13-10-23-7-4-6-18-17(23)20-13/h4,6-7,10,14,16,19H,5,8-9H2,1-3H3/t14-,16-/m0/s1. The highest BCUT2D eigenvalue weighted by Crippen LogP contribution is 2.33. The van der Waals surface area contributed by atoms with Crippen molar-refractivity contribution in [1.29, 1.82) is 0 Å². The molecule has 1 aliphatic heterocycles. The third-order valence-corrected chi connectivity index (χ3v) is 4.77. The maximum Gasteiger partial charge on any atom is 0.233 e. The highest BCUT2D eigenvalue weighted by Gasteiger charge is 2.33. The molecule has 1 aliphatic rings. The van der Waals surface area contributed by atoms with E-state index in [0.29, 0.717) is 6.54 Å². The van der Waals surface area contributed by atoms with Gasteiger partial charge in [0.15, 0.2) is 0 Å². The fraction of sp³-hybridized carbons (Fsp3) is 0.471. The average Bonchev–Trinajstić information content (AvgIpc) is 3.24. The third-order valence-electron chi connectivity index (χ3n) is 4.77. The smallest absolute Gasteiger partial charge is 0.233 e. The number of fused-ring (bicyclic) bond motifs is 1. The van der Waals surface area contributed by atoms with Crippen molar-refractivity contribution in [2.45, 2.75) is 39.0 Å². The van der Waals surface area contributed by atoms with Crippen LogP contribution in [-0.4, -0.2) is 36.8 Å². The summed E-state index contributed by atoms with van der Waals surface area (Å²) in [6.45, 7) is 5.62. The van der Waals surface area contributed by atoms with Gasteiger partial charge < -0.3 is 10.1 Å². The van der Waals surface area contributed by atoms with E-state index >= 15 is 0 Å². The van der Waals surface area contributed by atoms with Crippen LogP contribution in [-0.2, 0) is 18.3 Å². The summed E-state index contributed by atoms with van der Waals surface area (Å²) < 4.78 is 9.89. The molecule has 0 spiro atoms. The van der Waals surface area contributed by atoms with Gasteiger partial charge in [-0.2, -0.15) is 5.10 Å². The molecule has 7 heteroatoms. The Labute approximate surface area is 140 Å². The average molecular weight is 326 g/mol. The van der Waals surface area contributed by atoms with E-state index in [4.69, 9.17) is 4.74 Å². The van der Waals surface area contributed by atoms with Crippen LogP contribution in [0.1, 0.15) is 35.2 Å². The molecule has 4 rings (SSSR count). The number of imidazole rings is 1. The van der Waals surface area contributed by atoms with Gasteiger partial charge >= 0.3 is 0 Å². The summed E-state index contributed by atoms with van der Waals surface area (Å²) in [5.74, 6) is 0.729. The van der Waals surface area contributed by atoms with Crippen molar-refractivity contribution in [3.8, 4) is 0 Å². The van der Waals surface area contributed by atoms with E-state index in [9.17, 15) is 0 Å². The van der Waals surface area contributed by atoms with Crippen molar-refractivity contribution < 1.29 is 4.74 Å². The number of nitrogens with zero attached hydrogens (tertiary/aromatic N) is 5. The van der Waals surface area contributed by atoms with Crippen molar-refractivity contribution in [3.63, 3.8) is 0 Å². The summed E-state index contributed by atoms with van der Waals surface area (Å²) in [6, 6.07) is 2.17. The lowest BCUT2D eigenvalue weighted by atomic mass is 10.0. The quantitative estimate of drug-likeness (QED) is 0.790. The molecule has 0 aliphatic carbocycles. The van der Waals surface area contributed by atoms with Gasteiger partial charge in [-0.3, -0.25) is 9.08 Å². The summed E-state index contributed by atoms with van der Waals surface area (Å²) in [4.78, 5) is 8.80. The summed E-state index contributed by atoms with van der Waals surface area (Å²) in [6.07, 6.45) is 6.77. The van der Waals surface area contributed by atoms with Crippen LogP contribution in [0, 0.1) is 13.8 Å². The summed E-state index contributed by atoms with van der Waals surface area (Å²) >= 11 is 0. The Balaban J connectivity index is 1.51. The predicted octanol–water partition coefficient (Wildman–Crippen LogP) is 1.70. The minimum Gasteiger partial charge on any atom is -0.372 e. The maximum atomic E-state index is 6.02. The first-order chi connectivity index (χ1) is 11.6. The highest BCUT2D eigenvalue weighted by atomic mass is 16.5. The normalized spacial score (nSPS) is 21.0. The molecule has 126 valence electrons. The second-order valence-corrected chi connectivity index (χ2v) is 6.33. The van der Waals surface area contributed by atoms with Gasteiger partial charge in [0.2, 0.25) is 5.78 Å². The second kappa shape index (κ2) is 5.99. The molecule has 0 amide bonds. The second-order valence-electron chi connectivity index (χ2n) is 6.33. The van der Waals surface area contributed by atoms with E-state index in [1.807, 2.05) is 34.6 Å². The van der Waals surface area contributed by atoms with Crippen LogP contribution < -0.4 is 5.32 Å². The first-order valence-corrected chi connectivity index (χ1v) is 8.27. The Morgan fingerprint density at radius 1 is 1.38 bits per heavy atom. The number of aromatic nitrogens is 5. The van der Waals surface area contributed by atoms with E-state index in [0.717, 1.165) is 30.2 Å². The van der Waals surface area contributed by atoms with Crippen LogP contribution in [0.15, 0.2) is 24.7 Å². The first-order valence-electron chi connectivity index (χ1n) is 8.27. The molecule has 1 fully saturated rings. The van der Waals surface area contributed by atoms with Crippen molar-refractivity contribution in [2.24, 2.45) is 7.05 Å². The van der Waals surface area contributed by atoms with Gasteiger partial charge in [-0.25, -0.2) is 9.97 Å². The predicted molar refractivity (Wildman–Crippen MR) is 89.6 cm³/mol. The molecule has 3 aromatic heterocycles. The number of aryl methyl sites for hydroxylation is 2. The van der Waals surface area contributed by atoms with Crippen LogP contribution in [0.2, 0.25) is 0 Å². The van der Waals surface area contributed by atoms with Gasteiger partial charge in [0.25, 0.3) is 0 Å². The van der Waals surface area contributed by atoms with Crippen LogP contribution in [0.25, 0.3) is 5.78 Å². The van der Waals surface area contributed by atoms with Gasteiger partial charge in [-0.15, -0.1) is 0 Å². The molecule has 1 N–H and O–H groups in total. The number of hydrogen-bond donors (Lipinski definition) is 1. The van der Waals surface area contributed by atoms with E-state index in [1.54, 1.807) is 6.20 Å². The Morgan fingerprint density at radius 2 is 2.25 bits per heavy atom. The molecular weight excluding hydrogens is 304 g/mol.